The van der Waals surface area contributed by atoms with E-state index in [2.05, 4.69) is 31.0 Å². The third-order valence-electron chi connectivity index (χ3n) is 6.24. The molecule has 180 valence electrons. The van der Waals surface area contributed by atoms with Crippen LogP contribution >= 0.6 is 0 Å². The number of rotatable bonds is 6. The SMILES string of the molecule is COC(=O)c1cccn1C1CCN(CC(=O)Nc2cc(C(C)(C)C)nn2-c2ccccc2)CC1. The Morgan fingerprint density at radius 3 is 2.44 bits per heavy atom. The Morgan fingerprint density at radius 1 is 1.09 bits per heavy atom. The summed E-state index contributed by atoms with van der Waals surface area (Å²) in [5.41, 5.74) is 2.26. The van der Waals surface area contributed by atoms with Crippen LogP contribution in [0.15, 0.2) is 54.7 Å². The van der Waals surface area contributed by atoms with Crippen molar-refractivity contribution in [3.05, 3.63) is 66.1 Å². The van der Waals surface area contributed by atoms with Gasteiger partial charge in [0.2, 0.25) is 5.91 Å². The number of methoxy groups -OCH3 is 1. The van der Waals surface area contributed by atoms with Gasteiger partial charge in [0, 0.05) is 36.8 Å². The molecular formula is C26H33N5O3. The highest BCUT2D eigenvalue weighted by Crippen LogP contribution is 2.27. The molecule has 0 bridgehead atoms. The Kier molecular flexibility index (Phi) is 6.88. The fourth-order valence-electron chi connectivity index (χ4n) is 4.33. The molecule has 0 unspecified atom stereocenters. The highest BCUT2D eigenvalue weighted by atomic mass is 16.5. The van der Waals surface area contributed by atoms with Crippen molar-refractivity contribution in [1.82, 2.24) is 19.2 Å². The van der Waals surface area contributed by atoms with E-state index >= 15 is 0 Å². The summed E-state index contributed by atoms with van der Waals surface area (Å²) in [5, 5.41) is 7.84. The molecule has 0 atom stereocenters. The molecule has 0 aliphatic carbocycles. The topological polar surface area (TPSA) is 81.4 Å². The number of para-hydroxylation sites is 1. The molecule has 8 heteroatoms. The Bertz CT molecular complexity index is 1130. The molecule has 1 saturated heterocycles. The van der Waals surface area contributed by atoms with Crippen LogP contribution < -0.4 is 5.32 Å². The Morgan fingerprint density at radius 2 is 1.79 bits per heavy atom. The summed E-state index contributed by atoms with van der Waals surface area (Å²) in [6.45, 7) is 8.20. The van der Waals surface area contributed by atoms with E-state index in [1.54, 1.807) is 10.7 Å². The summed E-state index contributed by atoms with van der Waals surface area (Å²) >= 11 is 0. The van der Waals surface area contributed by atoms with Gasteiger partial charge in [0.05, 0.1) is 25.0 Å². The van der Waals surface area contributed by atoms with Gasteiger partial charge >= 0.3 is 5.97 Å². The van der Waals surface area contributed by atoms with E-state index in [4.69, 9.17) is 9.84 Å². The smallest absolute Gasteiger partial charge is 0.354 e. The number of anilines is 1. The molecule has 3 aromatic rings. The van der Waals surface area contributed by atoms with Crippen molar-refractivity contribution in [2.45, 2.75) is 45.1 Å². The van der Waals surface area contributed by atoms with Gasteiger partial charge in [0.15, 0.2) is 0 Å². The van der Waals surface area contributed by atoms with Crippen LogP contribution in [0.1, 0.15) is 55.8 Å². The number of nitrogens with one attached hydrogen (secondary N) is 1. The number of nitrogens with zero attached hydrogens (tertiary/aromatic N) is 4. The third kappa shape index (κ3) is 5.22. The average molecular weight is 464 g/mol. The maximum atomic E-state index is 13.0. The first-order chi connectivity index (χ1) is 16.3. The normalized spacial score (nSPS) is 15.3. The molecular weight excluding hydrogens is 430 g/mol. The first-order valence-corrected chi connectivity index (χ1v) is 11.7. The van der Waals surface area contributed by atoms with Crippen molar-refractivity contribution in [3.8, 4) is 5.69 Å². The van der Waals surface area contributed by atoms with Gasteiger partial charge in [-0.25, -0.2) is 9.48 Å². The van der Waals surface area contributed by atoms with Gasteiger partial charge in [-0.1, -0.05) is 39.0 Å². The van der Waals surface area contributed by atoms with E-state index in [1.807, 2.05) is 53.2 Å². The predicted molar refractivity (Wildman–Crippen MR) is 131 cm³/mol. The molecule has 1 aliphatic rings. The van der Waals surface area contributed by atoms with E-state index in [0.29, 0.717) is 18.1 Å². The Hall–Kier alpha value is -3.39. The van der Waals surface area contributed by atoms with Crippen LogP contribution in [0.25, 0.3) is 5.69 Å². The highest BCUT2D eigenvalue weighted by Gasteiger charge is 2.26. The summed E-state index contributed by atoms with van der Waals surface area (Å²) in [7, 11) is 1.40. The molecule has 1 fully saturated rings. The molecule has 0 saturated carbocycles. The van der Waals surface area contributed by atoms with Crippen LogP contribution in [0, 0.1) is 0 Å². The number of amides is 1. The zero-order valence-electron chi connectivity index (χ0n) is 20.3. The summed E-state index contributed by atoms with van der Waals surface area (Å²) < 4.78 is 8.68. The summed E-state index contributed by atoms with van der Waals surface area (Å²) in [4.78, 5) is 27.1. The fourth-order valence-corrected chi connectivity index (χ4v) is 4.33. The predicted octanol–water partition coefficient (Wildman–Crippen LogP) is 4.03. The number of piperidine rings is 1. The van der Waals surface area contributed by atoms with Crippen LogP contribution in [0.5, 0.6) is 0 Å². The zero-order chi connectivity index (χ0) is 24.3. The van der Waals surface area contributed by atoms with Gasteiger partial charge in [-0.2, -0.15) is 5.10 Å². The van der Waals surface area contributed by atoms with Crippen LogP contribution in [0.4, 0.5) is 5.82 Å². The second-order valence-corrected chi connectivity index (χ2v) is 9.76. The number of likely N-dealkylation sites (tertiary alicyclic amines) is 1. The molecule has 34 heavy (non-hydrogen) atoms. The highest BCUT2D eigenvalue weighted by molar-refractivity contribution is 5.92. The van der Waals surface area contributed by atoms with Crippen molar-refractivity contribution in [1.29, 1.82) is 0 Å². The van der Waals surface area contributed by atoms with E-state index in [-0.39, 0.29) is 23.3 Å². The quantitative estimate of drug-likeness (QED) is 0.558. The van der Waals surface area contributed by atoms with Crippen molar-refractivity contribution >= 4 is 17.7 Å². The van der Waals surface area contributed by atoms with Crippen LogP contribution in [-0.2, 0) is 14.9 Å². The molecule has 1 amide bonds. The molecule has 0 spiro atoms. The molecule has 2 aromatic heterocycles. The molecule has 1 aliphatic heterocycles. The van der Waals surface area contributed by atoms with Gasteiger partial charge in [0.25, 0.3) is 0 Å². The van der Waals surface area contributed by atoms with Gasteiger partial charge in [-0.05, 0) is 37.1 Å². The lowest BCUT2D eigenvalue weighted by atomic mass is 9.92. The fraction of sp³-hybridized carbons (Fsp3) is 0.423. The van der Waals surface area contributed by atoms with Gasteiger partial charge in [0.1, 0.15) is 11.5 Å². The standard InChI is InChI=1S/C26H33N5O3/c1-26(2,3)22-17-23(31(28-22)20-9-6-5-7-10-20)27-24(32)18-29-15-12-19(13-16-29)30-14-8-11-21(30)25(33)34-4/h5-11,14,17,19H,12-13,15-16,18H2,1-4H3,(H,27,32). The van der Waals surface area contributed by atoms with E-state index in [1.165, 1.54) is 7.11 Å². The maximum absolute atomic E-state index is 13.0. The van der Waals surface area contributed by atoms with Gasteiger partial charge in [-0.15, -0.1) is 0 Å². The summed E-state index contributed by atoms with van der Waals surface area (Å²) in [6.07, 6.45) is 3.65. The van der Waals surface area contributed by atoms with E-state index in [0.717, 1.165) is 37.3 Å². The van der Waals surface area contributed by atoms with Crippen molar-refractivity contribution in [2.24, 2.45) is 0 Å². The van der Waals surface area contributed by atoms with Crippen LogP contribution in [-0.4, -0.2) is 57.9 Å². The number of hydrogen-bond acceptors (Lipinski definition) is 5. The number of carbonyl (C=O) groups is 2. The minimum Gasteiger partial charge on any atom is -0.464 e. The summed E-state index contributed by atoms with van der Waals surface area (Å²) in [6, 6.07) is 15.7. The molecule has 0 radical (unpaired) electrons. The van der Waals surface area contributed by atoms with Crippen molar-refractivity contribution in [2.75, 3.05) is 32.1 Å². The van der Waals surface area contributed by atoms with Gasteiger partial charge < -0.3 is 14.6 Å². The molecule has 4 rings (SSSR count). The number of aromatic nitrogens is 3. The Labute approximate surface area is 200 Å². The first kappa shape index (κ1) is 23.8. The minimum absolute atomic E-state index is 0.0628. The molecule has 1 N–H and O–H groups in total. The molecule has 3 heterocycles. The van der Waals surface area contributed by atoms with Crippen molar-refractivity contribution < 1.29 is 14.3 Å². The van der Waals surface area contributed by atoms with Crippen LogP contribution in [0.3, 0.4) is 0 Å². The maximum Gasteiger partial charge on any atom is 0.354 e. The minimum atomic E-state index is -0.323. The third-order valence-corrected chi connectivity index (χ3v) is 6.24. The number of hydrogen-bond donors (Lipinski definition) is 1. The largest absolute Gasteiger partial charge is 0.464 e. The summed E-state index contributed by atoms with van der Waals surface area (Å²) in [5.74, 6) is 0.287. The first-order valence-electron chi connectivity index (χ1n) is 11.7. The lowest BCUT2D eigenvalue weighted by molar-refractivity contribution is -0.117. The number of esters is 1. The average Bonchev–Trinajstić information content (AvgIpc) is 3.47. The number of benzene rings is 1. The van der Waals surface area contributed by atoms with Crippen LogP contribution in [0.2, 0.25) is 0 Å². The number of ether oxygens (including phenoxy) is 1. The number of carbonyl (C=O) groups excluding carboxylic acids is 2. The van der Waals surface area contributed by atoms with E-state index < -0.39 is 0 Å². The molecule has 1 aromatic carbocycles. The zero-order valence-corrected chi connectivity index (χ0v) is 20.3. The van der Waals surface area contributed by atoms with Gasteiger partial charge in [-0.3, -0.25) is 9.69 Å². The van der Waals surface area contributed by atoms with E-state index in [9.17, 15) is 9.59 Å². The molecule has 8 nitrogen and oxygen atoms in total. The second-order valence-electron chi connectivity index (χ2n) is 9.76. The monoisotopic (exact) mass is 463 g/mol. The lowest BCUT2D eigenvalue weighted by Crippen LogP contribution is -2.40. The second kappa shape index (κ2) is 9.85. The Balaban J connectivity index is 1.40. The van der Waals surface area contributed by atoms with Crippen molar-refractivity contribution in [3.63, 3.8) is 0 Å². The lowest BCUT2D eigenvalue weighted by Gasteiger charge is -2.32.